The molecule has 1 rings (SSSR count). The van der Waals surface area contributed by atoms with Crippen LogP contribution in [0.5, 0.6) is 0 Å². The molecule has 0 aliphatic carbocycles. The van der Waals surface area contributed by atoms with Crippen LogP contribution in [0.1, 0.15) is 57.2 Å². The number of halogens is 4. The van der Waals surface area contributed by atoms with Crippen LogP contribution in [0.15, 0.2) is 22.7 Å². The van der Waals surface area contributed by atoms with Crippen LogP contribution in [0.3, 0.4) is 0 Å². The third kappa shape index (κ3) is 5.99. The second-order valence-corrected chi connectivity index (χ2v) is 6.57. The lowest BCUT2D eigenvalue weighted by molar-refractivity contribution is -0.137. The van der Waals surface area contributed by atoms with Gasteiger partial charge in [-0.15, -0.1) is 0 Å². The molecule has 0 aliphatic rings. The molecule has 0 heterocycles. The molecule has 0 aromatic heterocycles. The third-order valence-electron chi connectivity index (χ3n) is 3.37. The molecule has 1 aromatic rings. The topological polar surface area (TPSA) is 12.0 Å². The Morgan fingerprint density at radius 3 is 2.38 bits per heavy atom. The van der Waals surface area contributed by atoms with Gasteiger partial charge in [0, 0.05) is 10.5 Å². The second kappa shape index (κ2) is 8.18. The van der Waals surface area contributed by atoms with E-state index in [9.17, 15) is 13.2 Å². The molecule has 0 radical (unpaired) electrons. The van der Waals surface area contributed by atoms with E-state index in [4.69, 9.17) is 0 Å². The fourth-order valence-corrected chi connectivity index (χ4v) is 2.70. The highest BCUT2D eigenvalue weighted by molar-refractivity contribution is 9.10. The van der Waals surface area contributed by atoms with Gasteiger partial charge in [0.05, 0.1) is 5.56 Å². The molecule has 5 heteroatoms. The minimum Gasteiger partial charge on any atom is -0.310 e. The Balaban J connectivity index is 3.04. The Kier molecular flexibility index (Phi) is 7.21. The van der Waals surface area contributed by atoms with Gasteiger partial charge >= 0.3 is 6.18 Å². The molecule has 0 amide bonds. The quantitative estimate of drug-likeness (QED) is 0.629. The maximum absolute atomic E-state index is 12.9. The predicted octanol–water partition coefficient (Wildman–Crippen LogP) is 5.94. The molecule has 1 aromatic carbocycles. The lowest BCUT2D eigenvalue weighted by Gasteiger charge is -2.22. The van der Waals surface area contributed by atoms with Crippen molar-refractivity contribution in [1.82, 2.24) is 5.32 Å². The standard InChI is InChI=1S/C16H23BrF3N/c1-4-9-21-15(8-5-11(2)3)13-10-12(16(18,19)20)6-7-14(13)17/h6-7,10-11,15,21H,4-5,8-9H2,1-3H3. The summed E-state index contributed by atoms with van der Waals surface area (Å²) in [6.07, 6.45) is -1.54. The third-order valence-corrected chi connectivity index (χ3v) is 4.09. The van der Waals surface area contributed by atoms with Gasteiger partial charge in [0.15, 0.2) is 0 Å². The summed E-state index contributed by atoms with van der Waals surface area (Å²) in [7, 11) is 0. The zero-order valence-corrected chi connectivity index (χ0v) is 14.3. The van der Waals surface area contributed by atoms with E-state index >= 15 is 0 Å². The Bertz CT molecular complexity index is 444. The predicted molar refractivity (Wildman–Crippen MR) is 84.3 cm³/mol. The van der Waals surface area contributed by atoms with Crippen LogP contribution < -0.4 is 5.32 Å². The van der Waals surface area contributed by atoms with E-state index in [1.807, 2.05) is 6.92 Å². The number of hydrogen-bond donors (Lipinski definition) is 1. The molecule has 1 nitrogen and oxygen atoms in total. The van der Waals surface area contributed by atoms with E-state index < -0.39 is 11.7 Å². The maximum atomic E-state index is 12.9. The van der Waals surface area contributed by atoms with Crippen molar-refractivity contribution in [1.29, 1.82) is 0 Å². The van der Waals surface area contributed by atoms with Crippen LogP contribution in [-0.4, -0.2) is 6.54 Å². The molecular weight excluding hydrogens is 343 g/mol. The monoisotopic (exact) mass is 365 g/mol. The van der Waals surface area contributed by atoms with Gasteiger partial charge in [0.2, 0.25) is 0 Å². The van der Waals surface area contributed by atoms with E-state index in [1.165, 1.54) is 12.1 Å². The van der Waals surface area contributed by atoms with Crippen molar-refractivity contribution in [3.8, 4) is 0 Å². The fourth-order valence-electron chi connectivity index (χ4n) is 2.17. The van der Waals surface area contributed by atoms with Crippen LogP contribution in [-0.2, 0) is 6.18 Å². The largest absolute Gasteiger partial charge is 0.416 e. The van der Waals surface area contributed by atoms with E-state index in [0.29, 0.717) is 11.5 Å². The van der Waals surface area contributed by atoms with Gasteiger partial charge in [0.1, 0.15) is 0 Å². The van der Waals surface area contributed by atoms with Crippen molar-refractivity contribution in [2.75, 3.05) is 6.54 Å². The summed E-state index contributed by atoms with van der Waals surface area (Å²) in [6.45, 7) is 7.09. The van der Waals surface area contributed by atoms with E-state index in [-0.39, 0.29) is 6.04 Å². The molecule has 1 unspecified atom stereocenters. The smallest absolute Gasteiger partial charge is 0.310 e. The van der Waals surface area contributed by atoms with Gasteiger partial charge in [-0.3, -0.25) is 0 Å². The summed E-state index contributed by atoms with van der Waals surface area (Å²) >= 11 is 3.39. The molecule has 0 bridgehead atoms. The number of nitrogens with one attached hydrogen (secondary N) is 1. The number of hydrogen-bond acceptors (Lipinski definition) is 1. The first-order chi connectivity index (χ1) is 9.75. The Morgan fingerprint density at radius 1 is 1.19 bits per heavy atom. The molecular formula is C16H23BrF3N. The normalized spacial score (nSPS) is 13.7. The summed E-state index contributed by atoms with van der Waals surface area (Å²) in [5, 5.41) is 3.36. The lowest BCUT2D eigenvalue weighted by Crippen LogP contribution is -2.23. The molecule has 1 atom stereocenters. The van der Waals surface area contributed by atoms with Crippen molar-refractivity contribution >= 4 is 15.9 Å². The average Bonchev–Trinajstić information content (AvgIpc) is 2.38. The first kappa shape index (κ1) is 18.5. The molecule has 0 fully saturated rings. The maximum Gasteiger partial charge on any atom is 0.416 e. The van der Waals surface area contributed by atoms with E-state index in [0.717, 1.165) is 36.3 Å². The van der Waals surface area contributed by atoms with Gasteiger partial charge < -0.3 is 5.32 Å². The van der Waals surface area contributed by atoms with Crippen LogP contribution in [0, 0.1) is 5.92 Å². The first-order valence-corrected chi connectivity index (χ1v) is 8.15. The number of alkyl halides is 3. The summed E-state index contributed by atoms with van der Waals surface area (Å²) in [5.74, 6) is 0.528. The van der Waals surface area contributed by atoms with Crippen molar-refractivity contribution < 1.29 is 13.2 Å². The SMILES string of the molecule is CCCNC(CCC(C)C)c1cc(C(F)(F)F)ccc1Br. The molecule has 1 N–H and O–H groups in total. The van der Waals surface area contributed by atoms with Crippen molar-refractivity contribution in [3.63, 3.8) is 0 Å². The summed E-state index contributed by atoms with van der Waals surface area (Å²) in [4.78, 5) is 0. The highest BCUT2D eigenvalue weighted by atomic mass is 79.9. The van der Waals surface area contributed by atoms with Gasteiger partial charge in [-0.1, -0.05) is 36.7 Å². The minimum absolute atomic E-state index is 0.0518. The van der Waals surface area contributed by atoms with E-state index in [1.54, 1.807) is 0 Å². The fraction of sp³-hybridized carbons (Fsp3) is 0.625. The number of rotatable bonds is 7. The molecule has 21 heavy (non-hydrogen) atoms. The van der Waals surface area contributed by atoms with Gasteiger partial charge in [-0.2, -0.15) is 13.2 Å². The summed E-state index contributed by atoms with van der Waals surface area (Å²) in [6, 6.07) is 3.82. The Hall–Kier alpha value is -0.550. The Labute approximate surface area is 133 Å². The van der Waals surface area contributed by atoms with Gasteiger partial charge in [-0.05, 0) is 55.5 Å². The second-order valence-electron chi connectivity index (χ2n) is 5.71. The summed E-state index contributed by atoms with van der Waals surface area (Å²) < 4.78 is 39.4. The Morgan fingerprint density at radius 2 is 1.86 bits per heavy atom. The molecule has 120 valence electrons. The highest BCUT2D eigenvalue weighted by Gasteiger charge is 2.31. The number of benzene rings is 1. The van der Waals surface area contributed by atoms with E-state index in [2.05, 4.69) is 35.1 Å². The highest BCUT2D eigenvalue weighted by Crippen LogP contribution is 2.35. The summed E-state index contributed by atoms with van der Waals surface area (Å²) in [5.41, 5.74) is 0.104. The van der Waals surface area contributed by atoms with Crippen LogP contribution in [0.4, 0.5) is 13.2 Å². The van der Waals surface area contributed by atoms with Crippen molar-refractivity contribution in [3.05, 3.63) is 33.8 Å². The first-order valence-electron chi connectivity index (χ1n) is 7.35. The molecule has 0 aliphatic heterocycles. The van der Waals surface area contributed by atoms with Gasteiger partial charge in [-0.25, -0.2) is 0 Å². The minimum atomic E-state index is -4.30. The van der Waals surface area contributed by atoms with Crippen LogP contribution in [0.2, 0.25) is 0 Å². The van der Waals surface area contributed by atoms with Crippen molar-refractivity contribution in [2.45, 2.75) is 52.3 Å². The average molecular weight is 366 g/mol. The lowest BCUT2D eigenvalue weighted by atomic mass is 9.96. The zero-order chi connectivity index (χ0) is 16.0. The van der Waals surface area contributed by atoms with Crippen LogP contribution in [0.25, 0.3) is 0 Å². The van der Waals surface area contributed by atoms with Gasteiger partial charge in [0.25, 0.3) is 0 Å². The molecule has 0 saturated heterocycles. The molecule has 0 saturated carbocycles. The molecule has 0 spiro atoms. The van der Waals surface area contributed by atoms with Crippen LogP contribution >= 0.6 is 15.9 Å². The zero-order valence-electron chi connectivity index (χ0n) is 12.7. The van der Waals surface area contributed by atoms with Crippen molar-refractivity contribution in [2.24, 2.45) is 5.92 Å².